The number of carbonyl (C=O) groups excluding carboxylic acids is 1. The third-order valence-electron chi connectivity index (χ3n) is 3.89. The summed E-state index contributed by atoms with van der Waals surface area (Å²) in [4.78, 5) is 25.7. The minimum atomic E-state index is -3.22. The highest BCUT2D eigenvalue weighted by Crippen LogP contribution is 2.09. The number of methoxy groups -OCH3 is 1. The standard InChI is InChI=1S/C14H21N3O5S/c1-11-8-12(18)13(22-2)9-16(11)10-14(19)15-4-6-17(7-5-15)23(3,20)21/h8-9H,4-7,10H2,1-3H3. The number of aryl methyl sites for hydroxylation is 1. The van der Waals surface area contributed by atoms with Crippen molar-refractivity contribution in [2.24, 2.45) is 0 Å². The number of hydrogen-bond donors (Lipinski definition) is 0. The Labute approximate surface area is 135 Å². The zero-order valence-corrected chi connectivity index (χ0v) is 14.3. The summed E-state index contributed by atoms with van der Waals surface area (Å²) in [6.07, 6.45) is 2.68. The minimum Gasteiger partial charge on any atom is -0.491 e. The lowest BCUT2D eigenvalue weighted by molar-refractivity contribution is -0.133. The molecule has 1 aliphatic rings. The number of amides is 1. The van der Waals surface area contributed by atoms with Gasteiger partial charge in [-0.25, -0.2) is 8.42 Å². The summed E-state index contributed by atoms with van der Waals surface area (Å²) in [6, 6.07) is 1.42. The maximum atomic E-state index is 12.4. The number of aromatic nitrogens is 1. The van der Waals surface area contributed by atoms with Gasteiger partial charge in [0.15, 0.2) is 5.75 Å². The van der Waals surface area contributed by atoms with Gasteiger partial charge in [-0.1, -0.05) is 0 Å². The molecular weight excluding hydrogens is 322 g/mol. The van der Waals surface area contributed by atoms with E-state index in [0.29, 0.717) is 31.9 Å². The molecule has 2 heterocycles. The van der Waals surface area contributed by atoms with Gasteiger partial charge in [0.2, 0.25) is 21.4 Å². The predicted octanol–water partition coefficient (Wildman–Crippen LogP) is -0.731. The zero-order valence-electron chi connectivity index (χ0n) is 13.5. The Bertz CT molecular complexity index is 748. The van der Waals surface area contributed by atoms with Crippen LogP contribution in [-0.4, -0.2) is 67.6 Å². The Morgan fingerprint density at radius 1 is 1.26 bits per heavy atom. The Hall–Kier alpha value is -1.87. The first kappa shape index (κ1) is 17.5. The second-order valence-corrected chi connectivity index (χ2v) is 7.50. The fourth-order valence-electron chi connectivity index (χ4n) is 2.49. The third-order valence-corrected chi connectivity index (χ3v) is 5.20. The van der Waals surface area contributed by atoms with Crippen LogP contribution < -0.4 is 10.2 Å². The Morgan fingerprint density at radius 2 is 1.87 bits per heavy atom. The molecule has 0 bridgehead atoms. The lowest BCUT2D eigenvalue weighted by Gasteiger charge is -2.33. The molecule has 2 rings (SSSR count). The molecule has 1 aliphatic heterocycles. The van der Waals surface area contributed by atoms with Crippen molar-refractivity contribution in [1.29, 1.82) is 0 Å². The number of pyridine rings is 1. The number of carbonyl (C=O) groups is 1. The van der Waals surface area contributed by atoms with E-state index in [0.717, 1.165) is 0 Å². The first-order valence-electron chi connectivity index (χ1n) is 7.20. The number of nitrogens with zero attached hydrogens (tertiary/aromatic N) is 3. The van der Waals surface area contributed by atoms with E-state index in [1.54, 1.807) is 16.4 Å². The molecule has 1 aromatic heterocycles. The maximum absolute atomic E-state index is 12.4. The molecule has 0 unspecified atom stereocenters. The number of piperazine rings is 1. The molecule has 0 atom stereocenters. The molecule has 1 aromatic rings. The highest BCUT2D eigenvalue weighted by atomic mass is 32.2. The lowest BCUT2D eigenvalue weighted by atomic mass is 10.3. The van der Waals surface area contributed by atoms with Crippen LogP contribution in [0.1, 0.15) is 5.69 Å². The van der Waals surface area contributed by atoms with E-state index in [1.807, 2.05) is 0 Å². The topological polar surface area (TPSA) is 88.9 Å². The fraction of sp³-hybridized carbons (Fsp3) is 0.571. The van der Waals surface area contributed by atoms with E-state index >= 15 is 0 Å². The summed E-state index contributed by atoms with van der Waals surface area (Å²) in [5, 5.41) is 0. The van der Waals surface area contributed by atoms with E-state index in [1.165, 1.54) is 29.9 Å². The van der Waals surface area contributed by atoms with Crippen LogP contribution in [-0.2, 0) is 21.4 Å². The molecule has 0 N–H and O–H groups in total. The molecule has 0 aromatic carbocycles. The highest BCUT2D eigenvalue weighted by molar-refractivity contribution is 7.88. The molecule has 1 fully saturated rings. The monoisotopic (exact) mass is 343 g/mol. The van der Waals surface area contributed by atoms with Gasteiger partial charge in [-0.3, -0.25) is 9.59 Å². The first-order valence-corrected chi connectivity index (χ1v) is 9.05. The van der Waals surface area contributed by atoms with Crippen LogP contribution in [0.4, 0.5) is 0 Å². The van der Waals surface area contributed by atoms with E-state index < -0.39 is 10.0 Å². The summed E-state index contributed by atoms with van der Waals surface area (Å²) in [5.41, 5.74) is 0.439. The zero-order chi connectivity index (χ0) is 17.2. The molecule has 0 aliphatic carbocycles. The van der Waals surface area contributed by atoms with Gasteiger partial charge in [0, 0.05) is 37.9 Å². The largest absolute Gasteiger partial charge is 0.491 e. The van der Waals surface area contributed by atoms with Crippen molar-refractivity contribution >= 4 is 15.9 Å². The molecule has 128 valence electrons. The maximum Gasteiger partial charge on any atom is 0.242 e. The molecule has 0 saturated carbocycles. The predicted molar refractivity (Wildman–Crippen MR) is 85.0 cm³/mol. The van der Waals surface area contributed by atoms with Crippen molar-refractivity contribution in [2.45, 2.75) is 13.5 Å². The molecule has 0 radical (unpaired) electrons. The van der Waals surface area contributed by atoms with Crippen LogP contribution in [0.5, 0.6) is 5.75 Å². The molecule has 23 heavy (non-hydrogen) atoms. The van der Waals surface area contributed by atoms with E-state index in [9.17, 15) is 18.0 Å². The second-order valence-electron chi connectivity index (χ2n) is 5.52. The number of hydrogen-bond acceptors (Lipinski definition) is 5. The third kappa shape index (κ3) is 4.11. The molecular formula is C14H21N3O5S. The van der Waals surface area contributed by atoms with Crippen molar-refractivity contribution < 1.29 is 17.9 Å². The molecule has 8 nitrogen and oxygen atoms in total. The Morgan fingerprint density at radius 3 is 2.39 bits per heavy atom. The van der Waals surface area contributed by atoms with Crippen LogP contribution in [0.25, 0.3) is 0 Å². The quantitative estimate of drug-likeness (QED) is 0.719. The summed E-state index contributed by atoms with van der Waals surface area (Å²) in [5.74, 6) is 0.0669. The van der Waals surface area contributed by atoms with Gasteiger partial charge >= 0.3 is 0 Å². The summed E-state index contributed by atoms with van der Waals surface area (Å²) in [7, 11) is -1.81. The minimum absolute atomic E-state index is 0.0847. The fourth-order valence-corrected chi connectivity index (χ4v) is 3.32. The first-order chi connectivity index (χ1) is 10.7. The number of rotatable bonds is 4. The van der Waals surface area contributed by atoms with Crippen LogP contribution in [0.15, 0.2) is 17.1 Å². The van der Waals surface area contributed by atoms with Crippen molar-refractivity contribution in [1.82, 2.24) is 13.8 Å². The molecule has 1 amide bonds. The van der Waals surface area contributed by atoms with E-state index in [4.69, 9.17) is 4.74 Å². The van der Waals surface area contributed by atoms with E-state index in [-0.39, 0.29) is 23.6 Å². The average Bonchev–Trinajstić information content (AvgIpc) is 2.49. The van der Waals surface area contributed by atoms with Crippen molar-refractivity contribution in [2.75, 3.05) is 39.5 Å². The summed E-state index contributed by atoms with van der Waals surface area (Å²) >= 11 is 0. The molecule has 9 heteroatoms. The van der Waals surface area contributed by atoms with Crippen LogP contribution in [0.2, 0.25) is 0 Å². The highest BCUT2D eigenvalue weighted by Gasteiger charge is 2.26. The van der Waals surface area contributed by atoms with Gasteiger partial charge in [0.1, 0.15) is 6.54 Å². The average molecular weight is 343 g/mol. The smallest absolute Gasteiger partial charge is 0.242 e. The van der Waals surface area contributed by atoms with Gasteiger partial charge in [-0.2, -0.15) is 4.31 Å². The van der Waals surface area contributed by atoms with Gasteiger partial charge in [0.05, 0.1) is 19.6 Å². The van der Waals surface area contributed by atoms with E-state index in [2.05, 4.69) is 0 Å². The van der Waals surface area contributed by atoms with Crippen molar-refractivity contribution in [3.8, 4) is 5.75 Å². The number of sulfonamides is 1. The van der Waals surface area contributed by atoms with Crippen LogP contribution in [0, 0.1) is 6.92 Å². The van der Waals surface area contributed by atoms with Gasteiger partial charge in [-0.15, -0.1) is 0 Å². The SMILES string of the molecule is COc1cn(CC(=O)N2CCN(S(C)(=O)=O)CC2)c(C)cc1=O. The van der Waals surface area contributed by atoms with Crippen LogP contribution >= 0.6 is 0 Å². The Balaban J connectivity index is 2.05. The summed E-state index contributed by atoms with van der Waals surface area (Å²) < 4.78 is 31.0. The number of ether oxygens (including phenoxy) is 1. The van der Waals surface area contributed by atoms with Crippen molar-refractivity contribution in [3.05, 3.63) is 28.2 Å². The van der Waals surface area contributed by atoms with Gasteiger partial charge < -0.3 is 14.2 Å². The Kier molecular flexibility index (Phi) is 5.10. The lowest BCUT2D eigenvalue weighted by Crippen LogP contribution is -2.51. The molecule has 0 spiro atoms. The second kappa shape index (κ2) is 6.71. The van der Waals surface area contributed by atoms with Gasteiger partial charge in [0.25, 0.3) is 0 Å². The van der Waals surface area contributed by atoms with Crippen molar-refractivity contribution in [3.63, 3.8) is 0 Å². The summed E-state index contributed by atoms with van der Waals surface area (Å²) in [6.45, 7) is 3.16. The van der Waals surface area contributed by atoms with Crippen LogP contribution in [0.3, 0.4) is 0 Å². The van der Waals surface area contributed by atoms with Gasteiger partial charge in [-0.05, 0) is 6.92 Å². The normalized spacial score (nSPS) is 16.4. The molecule has 1 saturated heterocycles.